The van der Waals surface area contributed by atoms with Gasteiger partial charge in [-0.2, -0.15) is 0 Å². The van der Waals surface area contributed by atoms with E-state index in [4.69, 9.17) is 23.2 Å². The molecule has 29 heavy (non-hydrogen) atoms. The third-order valence-corrected chi connectivity index (χ3v) is 6.32. The first-order valence-electron chi connectivity index (χ1n) is 8.84. The van der Waals surface area contributed by atoms with Crippen LogP contribution >= 0.6 is 22.9 Å². The molecule has 0 unspecified atom stereocenters. The molecule has 3 aromatic rings. The van der Waals surface area contributed by atoms with Gasteiger partial charge in [0.25, 0.3) is 0 Å². The quantitative estimate of drug-likeness (QED) is 0.628. The lowest BCUT2D eigenvalue weighted by atomic mass is 9.99. The van der Waals surface area contributed by atoms with Gasteiger partial charge >= 0.3 is 5.97 Å². The van der Waals surface area contributed by atoms with Gasteiger partial charge < -0.3 is 9.95 Å². The fourth-order valence-electron chi connectivity index (χ4n) is 3.46. The van der Waals surface area contributed by atoms with Gasteiger partial charge in [-0.15, -0.1) is 21.5 Å². The Labute approximate surface area is 176 Å². The summed E-state index contributed by atoms with van der Waals surface area (Å²) in [5.41, 5.74) is 3.35. The van der Waals surface area contributed by atoms with Crippen molar-refractivity contribution in [2.75, 3.05) is 0 Å². The van der Waals surface area contributed by atoms with Crippen LogP contribution in [0.25, 0.3) is 9.85 Å². The smallest absolute Gasteiger partial charge is 0.306 e. The summed E-state index contributed by atoms with van der Waals surface area (Å²) in [5.74, 6) is 0.183. The second-order valence-corrected chi connectivity index (χ2v) is 8.21. The van der Waals surface area contributed by atoms with Crippen LogP contribution in [0.2, 0.25) is 5.02 Å². The molecule has 0 radical (unpaired) electrons. The average Bonchev–Trinajstić information content (AvgIpc) is 3.16. The van der Waals surface area contributed by atoms with Gasteiger partial charge in [0, 0.05) is 16.1 Å². The van der Waals surface area contributed by atoms with E-state index >= 15 is 0 Å². The highest BCUT2D eigenvalue weighted by molar-refractivity contribution is 7.15. The molecule has 1 N–H and O–H groups in total. The van der Waals surface area contributed by atoms with Crippen molar-refractivity contribution in [1.82, 2.24) is 14.8 Å². The van der Waals surface area contributed by atoms with Crippen molar-refractivity contribution in [2.24, 2.45) is 4.99 Å². The number of aliphatic imine (C=N–C) groups is 1. The number of carboxylic acid groups (broad SMARTS) is 1. The molecule has 1 atom stereocenters. The van der Waals surface area contributed by atoms with Crippen LogP contribution in [0.15, 0.2) is 29.3 Å². The molecule has 1 aliphatic rings. The molecule has 3 heterocycles. The molecule has 1 aromatic carbocycles. The molecule has 0 saturated carbocycles. The van der Waals surface area contributed by atoms with Crippen LogP contribution in [0.1, 0.15) is 45.7 Å². The zero-order valence-electron chi connectivity index (χ0n) is 15.7. The van der Waals surface area contributed by atoms with Crippen molar-refractivity contribution in [3.63, 3.8) is 0 Å². The van der Waals surface area contributed by atoms with Gasteiger partial charge in [0.2, 0.25) is 6.54 Å². The van der Waals surface area contributed by atoms with Crippen LogP contribution in [-0.2, 0) is 11.3 Å². The Kier molecular flexibility index (Phi) is 4.94. The van der Waals surface area contributed by atoms with E-state index in [-0.39, 0.29) is 13.0 Å². The first-order valence-corrected chi connectivity index (χ1v) is 10.0. The number of aliphatic carboxylic acids is 1. The zero-order valence-corrected chi connectivity index (χ0v) is 17.3. The van der Waals surface area contributed by atoms with Gasteiger partial charge in [0.1, 0.15) is 16.9 Å². The predicted molar refractivity (Wildman–Crippen MR) is 111 cm³/mol. The van der Waals surface area contributed by atoms with Gasteiger partial charge in [-0.3, -0.25) is 14.4 Å². The molecule has 0 aliphatic carbocycles. The van der Waals surface area contributed by atoms with E-state index < -0.39 is 12.0 Å². The van der Waals surface area contributed by atoms with Crippen molar-refractivity contribution in [2.45, 2.75) is 32.9 Å². The maximum absolute atomic E-state index is 11.5. The Morgan fingerprint density at radius 1 is 1.31 bits per heavy atom. The van der Waals surface area contributed by atoms with E-state index in [2.05, 4.69) is 15.0 Å². The summed E-state index contributed by atoms with van der Waals surface area (Å²) in [6, 6.07) is 6.62. The minimum absolute atomic E-state index is 0.196. The predicted octanol–water partition coefficient (Wildman–Crippen LogP) is 4.39. The second kappa shape index (κ2) is 7.43. The topological polar surface area (TPSA) is 84.7 Å². The molecule has 0 bridgehead atoms. The number of hydrogen-bond donors (Lipinski definition) is 1. The third kappa shape index (κ3) is 3.33. The number of rotatable bonds is 4. The van der Waals surface area contributed by atoms with E-state index in [0.29, 0.717) is 22.4 Å². The average molecular weight is 426 g/mol. The summed E-state index contributed by atoms with van der Waals surface area (Å²) in [5, 5.41) is 19.3. The summed E-state index contributed by atoms with van der Waals surface area (Å²) in [7, 11) is 0. The molecule has 146 valence electrons. The number of halogens is 1. The van der Waals surface area contributed by atoms with Crippen molar-refractivity contribution in [3.05, 3.63) is 73.9 Å². The molecule has 0 saturated heterocycles. The highest BCUT2D eigenvalue weighted by Crippen LogP contribution is 2.40. The first-order chi connectivity index (χ1) is 13.9. The largest absolute Gasteiger partial charge is 0.481 e. The molecule has 0 amide bonds. The second-order valence-electron chi connectivity index (χ2n) is 6.69. The molecule has 7 nitrogen and oxygen atoms in total. The van der Waals surface area contributed by atoms with E-state index in [1.165, 1.54) is 11.3 Å². The summed E-state index contributed by atoms with van der Waals surface area (Å²) in [4.78, 5) is 20.9. The summed E-state index contributed by atoms with van der Waals surface area (Å²) in [6.45, 7) is 11.4. The highest BCUT2D eigenvalue weighted by atomic mass is 35.5. The number of nitrogens with zero attached hydrogens (tertiary/aromatic N) is 5. The van der Waals surface area contributed by atoms with Gasteiger partial charge in [0.15, 0.2) is 5.82 Å². The Morgan fingerprint density at radius 2 is 2.03 bits per heavy atom. The van der Waals surface area contributed by atoms with E-state index in [0.717, 1.165) is 26.6 Å². The summed E-state index contributed by atoms with van der Waals surface area (Å²) >= 11 is 7.56. The number of fused-ring (bicyclic) bond motifs is 3. The maximum atomic E-state index is 11.5. The lowest BCUT2D eigenvalue weighted by Gasteiger charge is -2.10. The first kappa shape index (κ1) is 19.3. The van der Waals surface area contributed by atoms with Crippen LogP contribution in [0, 0.1) is 20.4 Å². The van der Waals surface area contributed by atoms with Crippen LogP contribution in [0.4, 0.5) is 0 Å². The van der Waals surface area contributed by atoms with Crippen LogP contribution in [-0.4, -0.2) is 31.6 Å². The Morgan fingerprint density at radius 3 is 2.69 bits per heavy atom. The van der Waals surface area contributed by atoms with Gasteiger partial charge in [-0.1, -0.05) is 23.7 Å². The van der Waals surface area contributed by atoms with Crippen molar-refractivity contribution >= 4 is 34.6 Å². The zero-order chi connectivity index (χ0) is 20.7. The molecule has 2 aromatic heterocycles. The fraction of sp³-hybridized carbons (Fsp3) is 0.250. The van der Waals surface area contributed by atoms with Gasteiger partial charge in [-0.05, 0) is 31.5 Å². The van der Waals surface area contributed by atoms with Crippen LogP contribution < -0.4 is 0 Å². The van der Waals surface area contributed by atoms with Gasteiger partial charge in [-0.25, -0.2) is 6.57 Å². The highest BCUT2D eigenvalue weighted by Gasteiger charge is 2.33. The number of carboxylic acids is 1. The SMILES string of the molecule is [C-]#[N+]Cc1sc2c(c1C)C(c1ccc(Cl)cc1)=N[C@@H](CC(=O)O)c1nnc(C)n1-2. The van der Waals surface area contributed by atoms with Crippen molar-refractivity contribution < 1.29 is 9.90 Å². The normalized spacial score (nSPS) is 15.1. The van der Waals surface area contributed by atoms with E-state index in [9.17, 15) is 9.90 Å². The third-order valence-electron chi connectivity index (χ3n) is 4.81. The number of hydrogen-bond acceptors (Lipinski definition) is 5. The molecular weight excluding hydrogens is 410 g/mol. The lowest BCUT2D eigenvalue weighted by molar-refractivity contribution is -0.137. The summed E-state index contributed by atoms with van der Waals surface area (Å²) < 4.78 is 1.88. The van der Waals surface area contributed by atoms with Gasteiger partial charge in [0.05, 0.1) is 17.0 Å². The summed E-state index contributed by atoms with van der Waals surface area (Å²) in [6.07, 6.45) is -0.196. The lowest BCUT2D eigenvalue weighted by Crippen LogP contribution is -2.10. The number of benzene rings is 1. The Balaban J connectivity index is 2.04. The van der Waals surface area contributed by atoms with Crippen molar-refractivity contribution in [1.29, 1.82) is 0 Å². The number of thiophene rings is 1. The minimum atomic E-state index is -0.961. The number of carbonyl (C=O) groups is 1. The number of aromatic nitrogens is 3. The van der Waals surface area contributed by atoms with E-state index in [1.54, 1.807) is 12.1 Å². The van der Waals surface area contributed by atoms with Crippen molar-refractivity contribution in [3.8, 4) is 5.00 Å². The molecule has 4 rings (SSSR count). The Bertz CT molecular complexity index is 1190. The standard InChI is InChI=1S/C20H16ClN5O2S/c1-10-15(9-22-3)29-20-17(10)18(12-4-6-13(21)7-5-12)23-14(8-16(27)28)19-25-24-11(2)26(19)20/h4-7,14H,8-9H2,1-2H3,(H,27,28)/t14-/m0/s1. The fourth-order valence-corrected chi connectivity index (χ4v) is 4.87. The maximum Gasteiger partial charge on any atom is 0.306 e. The minimum Gasteiger partial charge on any atom is -0.481 e. The van der Waals surface area contributed by atoms with E-state index in [1.807, 2.05) is 30.5 Å². The number of aryl methyl sites for hydroxylation is 1. The molecular formula is C20H16ClN5O2S. The monoisotopic (exact) mass is 425 g/mol. The molecule has 0 spiro atoms. The Hall–Kier alpha value is -3.02. The molecule has 1 aliphatic heterocycles. The van der Waals surface area contributed by atoms with Crippen LogP contribution in [0.5, 0.6) is 0 Å². The molecule has 9 heteroatoms. The van der Waals surface area contributed by atoms with Crippen LogP contribution in [0.3, 0.4) is 0 Å². The molecule has 0 fully saturated rings.